The molecule has 0 aliphatic heterocycles. The van der Waals surface area contributed by atoms with Gasteiger partial charge in [0.2, 0.25) is 0 Å². The molecule has 0 atom stereocenters. The summed E-state index contributed by atoms with van der Waals surface area (Å²) in [7, 11) is 0. The van der Waals surface area contributed by atoms with Crippen LogP contribution in [0.5, 0.6) is 0 Å². The zero-order chi connectivity index (χ0) is 12.8. The number of carbonyl (C=O) groups excluding carboxylic acids is 1. The van der Waals surface area contributed by atoms with Gasteiger partial charge in [0, 0.05) is 11.3 Å². The molecule has 1 amide bonds. The monoisotopic (exact) mass is 265 g/mol. The molecular formula is C14H19NO2S. The summed E-state index contributed by atoms with van der Waals surface area (Å²) in [6.45, 7) is 0. The van der Waals surface area contributed by atoms with Crippen LogP contribution in [0.4, 0.5) is 0 Å². The predicted molar refractivity (Wildman–Crippen MR) is 74.5 cm³/mol. The lowest BCUT2D eigenvalue weighted by Gasteiger charge is -2.11. The van der Waals surface area contributed by atoms with Gasteiger partial charge in [-0.15, -0.1) is 0 Å². The van der Waals surface area contributed by atoms with Gasteiger partial charge >= 0.3 is 0 Å². The lowest BCUT2D eigenvalue weighted by atomic mass is 10.1. The molecule has 0 saturated heterocycles. The molecule has 0 spiro atoms. The number of thioether (sulfide) groups is 1. The van der Waals surface area contributed by atoms with Gasteiger partial charge in [-0.25, -0.2) is 5.48 Å². The van der Waals surface area contributed by atoms with E-state index in [0.29, 0.717) is 5.56 Å². The Labute approximate surface area is 112 Å². The van der Waals surface area contributed by atoms with Crippen LogP contribution in [-0.2, 0) is 10.6 Å². The molecule has 3 nitrogen and oxygen atoms in total. The van der Waals surface area contributed by atoms with Crippen molar-refractivity contribution >= 4 is 17.7 Å². The van der Waals surface area contributed by atoms with Gasteiger partial charge in [0.1, 0.15) is 0 Å². The summed E-state index contributed by atoms with van der Waals surface area (Å²) in [5.41, 5.74) is 4.43. The molecule has 98 valence electrons. The van der Waals surface area contributed by atoms with Crippen molar-refractivity contribution in [1.82, 2.24) is 5.48 Å². The molecule has 1 saturated carbocycles. The summed E-state index contributed by atoms with van der Waals surface area (Å²) in [4.78, 5) is 17.2. The second-order valence-electron chi connectivity index (χ2n) is 4.59. The van der Waals surface area contributed by atoms with E-state index >= 15 is 0 Å². The molecule has 0 bridgehead atoms. The normalized spacial score (nSPS) is 15.8. The van der Waals surface area contributed by atoms with E-state index in [1.807, 2.05) is 24.3 Å². The predicted octanol–water partition coefficient (Wildman–Crippen LogP) is 3.15. The maximum Gasteiger partial charge on any atom is 0.274 e. The molecule has 1 N–H and O–H groups in total. The number of hydroxylamine groups is 1. The van der Waals surface area contributed by atoms with Gasteiger partial charge in [0.25, 0.3) is 5.91 Å². The topological polar surface area (TPSA) is 38.3 Å². The third-order valence-electron chi connectivity index (χ3n) is 3.15. The van der Waals surface area contributed by atoms with Gasteiger partial charge in [0.05, 0.1) is 6.10 Å². The molecule has 1 aliphatic rings. The summed E-state index contributed by atoms with van der Waals surface area (Å²) in [6, 6.07) is 7.67. The summed E-state index contributed by atoms with van der Waals surface area (Å²) in [5, 5.41) is 0. The van der Waals surface area contributed by atoms with E-state index in [2.05, 4.69) is 11.7 Å². The fraction of sp³-hybridized carbons (Fsp3) is 0.500. The third kappa shape index (κ3) is 3.75. The number of benzene rings is 1. The highest BCUT2D eigenvalue weighted by Gasteiger charge is 2.17. The first-order valence-electron chi connectivity index (χ1n) is 6.33. The van der Waals surface area contributed by atoms with E-state index < -0.39 is 0 Å². The lowest BCUT2D eigenvalue weighted by Crippen LogP contribution is -2.28. The molecule has 1 aromatic rings. The van der Waals surface area contributed by atoms with E-state index in [-0.39, 0.29) is 12.0 Å². The Morgan fingerprint density at radius 3 is 2.61 bits per heavy atom. The Morgan fingerprint density at radius 1 is 1.33 bits per heavy atom. The minimum Gasteiger partial charge on any atom is -0.270 e. The summed E-state index contributed by atoms with van der Waals surface area (Å²) < 4.78 is 0. The fourth-order valence-corrected chi connectivity index (χ4v) is 2.65. The Balaban J connectivity index is 1.83. The number of hydrogen-bond donors (Lipinski definition) is 1. The highest BCUT2D eigenvalue weighted by atomic mass is 32.2. The maximum absolute atomic E-state index is 11.8. The second-order valence-corrected chi connectivity index (χ2v) is 5.45. The van der Waals surface area contributed by atoms with Gasteiger partial charge in [-0.2, -0.15) is 11.8 Å². The van der Waals surface area contributed by atoms with Crippen LogP contribution >= 0.6 is 11.8 Å². The smallest absolute Gasteiger partial charge is 0.270 e. The first-order chi connectivity index (χ1) is 8.79. The van der Waals surface area contributed by atoms with Crippen LogP contribution in [0.2, 0.25) is 0 Å². The van der Waals surface area contributed by atoms with Crippen molar-refractivity contribution in [2.24, 2.45) is 0 Å². The quantitative estimate of drug-likeness (QED) is 0.831. The third-order valence-corrected chi connectivity index (χ3v) is 3.77. The van der Waals surface area contributed by atoms with E-state index in [4.69, 9.17) is 4.84 Å². The van der Waals surface area contributed by atoms with Crippen LogP contribution < -0.4 is 5.48 Å². The van der Waals surface area contributed by atoms with Gasteiger partial charge in [-0.1, -0.05) is 25.0 Å². The van der Waals surface area contributed by atoms with E-state index in [9.17, 15) is 4.79 Å². The Bertz CT molecular complexity index is 385. The highest BCUT2D eigenvalue weighted by Crippen LogP contribution is 2.20. The largest absolute Gasteiger partial charge is 0.274 e. The minimum absolute atomic E-state index is 0.155. The van der Waals surface area contributed by atoms with Crippen molar-refractivity contribution in [3.05, 3.63) is 35.4 Å². The van der Waals surface area contributed by atoms with E-state index in [1.54, 1.807) is 11.8 Å². The summed E-state index contributed by atoms with van der Waals surface area (Å²) in [5.74, 6) is 0.818. The van der Waals surface area contributed by atoms with Gasteiger partial charge < -0.3 is 0 Å². The van der Waals surface area contributed by atoms with Crippen LogP contribution in [0, 0.1) is 0 Å². The zero-order valence-corrected chi connectivity index (χ0v) is 11.5. The standard InChI is InChI=1S/C14H19NO2S/c1-18-10-11-6-8-12(9-7-11)14(16)15-17-13-4-2-3-5-13/h6-9,13H,2-5,10H2,1H3,(H,15,16). The number of rotatable bonds is 5. The van der Waals surface area contributed by atoms with Crippen molar-refractivity contribution in [2.75, 3.05) is 6.26 Å². The molecule has 0 radical (unpaired) electrons. The Kier molecular flexibility index (Phi) is 5.08. The molecule has 1 aromatic carbocycles. The molecule has 1 fully saturated rings. The number of carbonyl (C=O) groups is 1. The van der Waals surface area contributed by atoms with Crippen LogP contribution in [0.1, 0.15) is 41.6 Å². The van der Waals surface area contributed by atoms with Crippen LogP contribution in [0.3, 0.4) is 0 Å². The van der Waals surface area contributed by atoms with Crippen LogP contribution in [0.25, 0.3) is 0 Å². The van der Waals surface area contributed by atoms with Gasteiger partial charge in [-0.3, -0.25) is 9.63 Å². The first kappa shape index (κ1) is 13.4. The molecular weight excluding hydrogens is 246 g/mol. The molecule has 1 aliphatic carbocycles. The average Bonchev–Trinajstić information content (AvgIpc) is 2.90. The highest BCUT2D eigenvalue weighted by molar-refractivity contribution is 7.97. The molecule has 2 rings (SSSR count). The van der Waals surface area contributed by atoms with Crippen molar-refractivity contribution < 1.29 is 9.63 Å². The molecule has 0 heterocycles. The van der Waals surface area contributed by atoms with E-state index in [0.717, 1.165) is 18.6 Å². The second kappa shape index (κ2) is 6.81. The number of hydrogen-bond acceptors (Lipinski definition) is 3. The number of nitrogens with one attached hydrogen (secondary N) is 1. The fourth-order valence-electron chi connectivity index (χ4n) is 2.12. The van der Waals surface area contributed by atoms with E-state index in [1.165, 1.54) is 18.4 Å². The summed E-state index contributed by atoms with van der Waals surface area (Å²) >= 11 is 1.77. The van der Waals surface area contributed by atoms with Crippen molar-refractivity contribution in [2.45, 2.75) is 37.5 Å². The maximum atomic E-state index is 11.8. The Morgan fingerprint density at radius 2 is 2.00 bits per heavy atom. The average molecular weight is 265 g/mol. The van der Waals surface area contributed by atoms with Crippen molar-refractivity contribution in [3.8, 4) is 0 Å². The molecule has 0 aromatic heterocycles. The lowest BCUT2D eigenvalue weighted by molar-refractivity contribution is -0.0124. The van der Waals surface area contributed by atoms with Crippen molar-refractivity contribution in [1.29, 1.82) is 0 Å². The SMILES string of the molecule is CSCc1ccc(C(=O)NOC2CCCC2)cc1. The number of amides is 1. The van der Waals surface area contributed by atoms with Crippen molar-refractivity contribution in [3.63, 3.8) is 0 Å². The molecule has 0 unspecified atom stereocenters. The Hall–Kier alpha value is -1.00. The zero-order valence-electron chi connectivity index (χ0n) is 10.6. The molecule has 18 heavy (non-hydrogen) atoms. The van der Waals surface area contributed by atoms with Gasteiger partial charge in [-0.05, 0) is 36.8 Å². The molecule has 4 heteroatoms. The van der Waals surface area contributed by atoms with Crippen LogP contribution in [-0.4, -0.2) is 18.3 Å². The van der Waals surface area contributed by atoms with Crippen LogP contribution in [0.15, 0.2) is 24.3 Å². The minimum atomic E-state index is -0.155. The van der Waals surface area contributed by atoms with Gasteiger partial charge in [0.15, 0.2) is 0 Å². The first-order valence-corrected chi connectivity index (χ1v) is 7.73. The summed E-state index contributed by atoms with van der Waals surface area (Å²) in [6.07, 6.45) is 6.76.